The van der Waals surface area contributed by atoms with E-state index < -0.39 is 0 Å². The number of aromatic nitrogens is 1. The average molecular weight is 381 g/mol. The standard InChI is InChI=1S/C21H23N3O4/c25-20(22-12-14-9-10-18-19(11-14)28-13-27-18)16-7-4-8-17(24-16)21(26)23-15-5-2-1-3-6-15/h4,7-11,15H,1-3,5-6,12-13H2,(H,22,25)(H,23,26). The smallest absolute Gasteiger partial charge is 0.270 e. The zero-order valence-corrected chi connectivity index (χ0v) is 15.6. The fourth-order valence-corrected chi connectivity index (χ4v) is 3.52. The summed E-state index contributed by atoms with van der Waals surface area (Å²) >= 11 is 0. The highest BCUT2D eigenvalue weighted by atomic mass is 16.7. The van der Waals surface area contributed by atoms with Crippen LogP contribution in [-0.4, -0.2) is 29.6 Å². The molecule has 1 fully saturated rings. The van der Waals surface area contributed by atoms with Gasteiger partial charge in [0.1, 0.15) is 11.4 Å². The van der Waals surface area contributed by atoms with Gasteiger partial charge in [-0.15, -0.1) is 0 Å². The zero-order chi connectivity index (χ0) is 19.3. The average Bonchev–Trinajstić information content (AvgIpc) is 3.20. The minimum atomic E-state index is -0.329. The number of ether oxygens (including phenoxy) is 2. The molecule has 2 N–H and O–H groups in total. The molecule has 0 unspecified atom stereocenters. The van der Waals surface area contributed by atoms with Crippen molar-refractivity contribution in [3.63, 3.8) is 0 Å². The van der Waals surface area contributed by atoms with E-state index in [4.69, 9.17) is 9.47 Å². The quantitative estimate of drug-likeness (QED) is 0.831. The van der Waals surface area contributed by atoms with Gasteiger partial charge in [0.25, 0.3) is 11.8 Å². The Morgan fingerprint density at radius 1 is 0.964 bits per heavy atom. The molecule has 1 aromatic heterocycles. The lowest BCUT2D eigenvalue weighted by atomic mass is 9.95. The molecule has 146 valence electrons. The van der Waals surface area contributed by atoms with Crippen molar-refractivity contribution in [3.8, 4) is 11.5 Å². The van der Waals surface area contributed by atoms with Gasteiger partial charge in [-0.1, -0.05) is 31.4 Å². The van der Waals surface area contributed by atoms with Crippen LogP contribution in [0.15, 0.2) is 36.4 Å². The van der Waals surface area contributed by atoms with Gasteiger partial charge in [0.05, 0.1) is 0 Å². The second kappa shape index (κ2) is 8.29. The third-order valence-electron chi connectivity index (χ3n) is 5.04. The van der Waals surface area contributed by atoms with E-state index >= 15 is 0 Å². The van der Waals surface area contributed by atoms with Gasteiger partial charge >= 0.3 is 0 Å². The molecule has 7 nitrogen and oxygen atoms in total. The molecule has 0 saturated heterocycles. The second-order valence-corrected chi connectivity index (χ2v) is 7.09. The predicted octanol–water partition coefficient (Wildman–Crippen LogP) is 2.80. The highest BCUT2D eigenvalue weighted by Gasteiger charge is 2.19. The molecule has 1 aromatic carbocycles. The van der Waals surface area contributed by atoms with Crippen LogP contribution in [0.5, 0.6) is 11.5 Å². The third kappa shape index (κ3) is 4.24. The lowest BCUT2D eigenvalue weighted by Gasteiger charge is -2.22. The van der Waals surface area contributed by atoms with Crippen LogP contribution in [0.25, 0.3) is 0 Å². The summed E-state index contributed by atoms with van der Waals surface area (Å²) in [6, 6.07) is 10.6. The molecule has 2 heterocycles. The molecule has 0 bridgehead atoms. The van der Waals surface area contributed by atoms with Gasteiger partial charge in [-0.3, -0.25) is 9.59 Å². The summed E-state index contributed by atoms with van der Waals surface area (Å²) in [6.45, 7) is 0.542. The highest BCUT2D eigenvalue weighted by Crippen LogP contribution is 2.32. The van der Waals surface area contributed by atoms with Gasteiger partial charge in [0.15, 0.2) is 11.5 Å². The summed E-state index contributed by atoms with van der Waals surface area (Å²) in [6.07, 6.45) is 5.51. The first-order valence-corrected chi connectivity index (χ1v) is 9.64. The molecule has 1 saturated carbocycles. The Bertz CT molecular complexity index is 878. The van der Waals surface area contributed by atoms with Gasteiger partial charge < -0.3 is 20.1 Å². The molecule has 4 rings (SSSR count). The maximum absolute atomic E-state index is 12.5. The van der Waals surface area contributed by atoms with Gasteiger partial charge in [-0.25, -0.2) is 4.98 Å². The van der Waals surface area contributed by atoms with Crippen molar-refractivity contribution in [2.75, 3.05) is 6.79 Å². The van der Waals surface area contributed by atoms with Crippen LogP contribution >= 0.6 is 0 Å². The fraction of sp³-hybridized carbons (Fsp3) is 0.381. The first-order valence-electron chi connectivity index (χ1n) is 9.64. The summed E-state index contributed by atoms with van der Waals surface area (Å²) in [5.41, 5.74) is 1.38. The van der Waals surface area contributed by atoms with E-state index in [0.29, 0.717) is 18.0 Å². The van der Waals surface area contributed by atoms with Crippen LogP contribution in [0.2, 0.25) is 0 Å². The molecule has 2 amide bonds. The fourth-order valence-electron chi connectivity index (χ4n) is 3.52. The molecule has 1 aliphatic heterocycles. The molecule has 2 aliphatic rings. The van der Waals surface area contributed by atoms with E-state index in [-0.39, 0.29) is 36.0 Å². The van der Waals surface area contributed by atoms with Crippen LogP contribution in [0.4, 0.5) is 0 Å². The molecular formula is C21H23N3O4. The maximum Gasteiger partial charge on any atom is 0.270 e. The van der Waals surface area contributed by atoms with E-state index in [0.717, 1.165) is 31.2 Å². The van der Waals surface area contributed by atoms with Crippen molar-refractivity contribution >= 4 is 11.8 Å². The van der Waals surface area contributed by atoms with E-state index in [1.807, 2.05) is 18.2 Å². The number of amides is 2. The number of hydrogen-bond donors (Lipinski definition) is 2. The van der Waals surface area contributed by atoms with Crippen molar-refractivity contribution in [2.24, 2.45) is 0 Å². The van der Waals surface area contributed by atoms with E-state index in [1.54, 1.807) is 18.2 Å². The van der Waals surface area contributed by atoms with Gasteiger partial charge in [0.2, 0.25) is 6.79 Å². The minimum absolute atomic E-state index is 0.201. The topological polar surface area (TPSA) is 89.5 Å². The Balaban J connectivity index is 1.36. The number of nitrogens with zero attached hydrogens (tertiary/aromatic N) is 1. The van der Waals surface area contributed by atoms with Crippen molar-refractivity contribution < 1.29 is 19.1 Å². The Hall–Kier alpha value is -3.09. The number of hydrogen-bond acceptors (Lipinski definition) is 5. The first-order chi connectivity index (χ1) is 13.7. The first kappa shape index (κ1) is 18.3. The van der Waals surface area contributed by atoms with Gasteiger partial charge in [-0.2, -0.15) is 0 Å². The van der Waals surface area contributed by atoms with Gasteiger partial charge in [-0.05, 0) is 42.7 Å². The van der Waals surface area contributed by atoms with Crippen molar-refractivity contribution in [3.05, 3.63) is 53.3 Å². The summed E-state index contributed by atoms with van der Waals surface area (Å²) in [5, 5.41) is 5.85. The molecule has 7 heteroatoms. The summed E-state index contributed by atoms with van der Waals surface area (Å²) in [5.74, 6) is 0.821. The number of benzene rings is 1. The Labute approximate surface area is 163 Å². The van der Waals surface area contributed by atoms with Crippen LogP contribution < -0.4 is 20.1 Å². The predicted molar refractivity (Wildman–Crippen MR) is 102 cm³/mol. The Kier molecular flexibility index (Phi) is 5.41. The molecule has 0 radical (unpaired) electrons. The van der Waals surface area contributed by atoms with Crippen molar-refractivity contribution in [1.29, 1.82) is 0 Å². The SMILES string of the molecule is O=C(NCc1ccc2c(c1)OCO2)c1cccc(C(=O)NC2CCCCC2)n1. The lowest BCUT2D eigenvalue weighted by Crippen LogP contribution is -2.36. The number of pyridine rings is 1. The number of rotatable bonds is 5. The maximum atomic E-state index is 12.5. The van der Waals surface area contributed by atoms with Crippen LogP contribution in [0.3, 0.4) is 0 Å². The molecule has 0 spiro atoms. The monoisotopic (exact) mass is 381 g/mol. The molecule has 0 atom stereocenters. The van der Waals surface area contributed by atoms with Crippen molar-refractivity contribution in [1.82, 2.24) is 15.6 Å². The molecular weight excluding hydrogens is 358 g/mol. The molecule has 28 heavy (non-hydrogen) atoms. The molecule has 2 aromatic rings. The van der Waals surface area contributed by atoms with Crippen LogP contribution in [0.1, 0.15) is 58.6 Å². The van der Waals surface area contributed by atoms with E-state index in [9.17, 15) is 9.59 Å². The minimum Gasteiger partial charge on any atom is -0.454 e. The Morgan fingerprint density at radius 3 is 2.54 bits per heavy atom. The zero-order valence-electron chi connectivity index (χ0n) is 15.6. The van der Waals surface area contributed by atoms with Crippen LogP contribution in [0, 0.1) is 0 Å². The molecule has 1 aliphatic carbocycles. The van der Waals surface area contributed by atoms with E-state index in [2.05, 4.69) is 15.6 Å². The number of nitrogens with one attached hydrogen (secondary N) is 2. The summed E-state index contributed by atoms with van der Waals surface area (Å²) < 4.78 is 10.6. The van der Waals surface area contributed by atoms with E-state index in [1.165, 1.54) is 6.42 Å². The summed E-state index contributed by atoms with van der Waals surface area (Å²) in [7, 11) is 0. The van der Waals surface area contributed by atoms with Crippen LogP contribution in [-0.2, 0) is 6.54 Å². The lowest BCUT2D eigenvalue weighted by molar-refractivity contribution is 0.0922. The van der Waals surface area contributed by atoms with Crippen molar-refractivity contribution in [2.45, 2.75) is 44.7 Å². The third-order valence-corrected chi connectivity index (χ3v) is 5.04. The Morgan fingerprint density at radius 2 is 1.71 bits per heavy atom. The number of carbonyl (C=O) groups is 2. The largest absolute Gasteiger partial charge is 0.454 e. The highest BCUT2D eigenvalue weighted by molar-refractivity contribution is 5.96. The normalized spacial score (nSPS) is 15.9. The number of fused-ring (bicyclic) bond motifs is 1. The summed E-state index contributed by atoms with van der Waals surface area (Å²) in [4.78, 5) is 29.1. The second-order valence-electron chi connectivity index (χ2n) is 7.09. The number of carbonyl (C=O) groups excluding carboxylic acids is 2. The van der Waals surface area contributed by atoms with Gasteiger partial charge in [0, 0.05) is 12.6 Å².